The van der Waals surface area contributed by atoms with Gasteiger partial charge in [-0.25, -0.2) is 0 Å². The van der Waals surface area contributed by atoms with Crippen LogP contribution in [0.2, 0.25) is 0 Å². The molecule has 1 atom stereocenters. The van der Waals surface area contributed by atoms with Gasteiger partial charge in [-0.2, -0.15) is 0 Å². The normalized spacial score (nSPS) is 13.2. The van der Waals surface area contributed by atoms with Crippen molar-refractivity contribution in [1.29, 1.82) is 0 Å². The van der Waals surface area contributed by atoms with Gasteiger partial charge in [0.1, 0.15) is 0 Å². The summed E-state index contributed by atoms with van der Waals surface area (Å²) in [5.74, 6) is 0.125. The van der Waals surface area contributed by atoms with E-state index in [0.29, 0.717) is 6.54 Å². The van der Waals surface area contributed by atoms with E-state index in [0.717, 1.165) is 6.42 Å². The van der Waals surface area contributed by atoms with E-state index < -0.39 is 0 Å². The number of amides is 1. The zero-order valence-electron chi connectivity index (χ0n) is 7.36. The first-order chi connectivity index (χ1) is 5.07. The molecule has 1 unspecified atom stereocenters. The Morgan fingerprint density at radius 3 is 2.45 bits per heavy atom. The molecule has 0 aliphatic heterocycles. The first-order valence-electron chi connectivity index (χ1n) is 3.99. The van der Waals surface area contributed by atoms with Gasteiger partial charge in [-0.05, 0) is 6.42 Å². The molecule has 2 nitrogen and oxygen atoms in total. The number of carbonyl (C=O) groups is 1. The van der Waals surface area contributed by atoms with E-state index in [-0.39, 0.29) is 17.2 Å². The molecule has 1 amide bonds. The second-order valence-electron chi connectivity index (χ2n) is 2.91. The maximum atomic E-state index is 11.0. The average Bonchev–Trinajstić information content (AvgIpc) is 1.99. The van der Waals surface area contributed by atoms with Crippen molar-refractivity contribution in [2.75, 3.05) is 6.54 Å². The molecule has 0 aromatic heterocycles. The number of alkyl halides is 1. The molecule has 0 heterocycles. The minimum Gasteiger partial charge on any atom is -0.354 e. The van der Waals surface area contributed by atoms with Crippen molar-refractivity contribution in [3.05, 3.63) is 0 Å². The van der Waals surface area contributed by atoms with Crippen molar-refractivity contribution >= 4 is 17.5 Å². The van der Waals surface area contributed by atoms with E-state index in [9.17, 15) is 4.79 Å². The van der Waals surface area contributed by atoms with Crippen LogP contribution in [0.5, 0.6) is 0 Å². The molecular formula is C8H16ClNO. The molecule has 0 aliphatic carbocycles. The SMILES string of the molecule is CCC(Cl)CNC(=O)C(C)C. The Kier molecular flexibility index (Phi) is 5.30. The van der Waals surface area contributed by atoms with Gasteiger partial charge in [-0.1, -0.05) is 20.8 Å². The van der Waals surface area contributed by atoms with Crippen LogP contribution in [0, 0.1) is 5.92 Å². The Hall–Kier alpha value is -0.240. The van der Waals surface area contributed by atoms with Crippen LogP contribution < -0.4 is 5.32 Å². The molecule has 66 valence electrons. The highest BCUT2D eigenvalue weighted by Crippen LogP contribution is 1.99. The molecule has 0 rings (SSSR count). The quantitative estimate of drug-likeness (QED) is 0.652. The minimum absolute atomic E-state index is 0.0516. The summed E-state index contributed by atoms with van der Waals surface area (Å²) >= 11 is 5.80. The summed E-state index contributed by atoms with van der Waals surface area (Å²) in [4.78, 5) is 11.0. The topological polar surface area (TPSA) is 29.1 Å². The lowest BCUT2D eigenvalue weighted by Gasteiger charge is -2.09. The lowest BCUT2D eigenvalue weighted by Crippen LogP contribution is -2.32. The lowest BCUT2D eigenvalue weighted by atomic mass is 10.2. The molecular weight excluding hydrogens is 162 g/mol. The first kappa shape index (κ1) is 10.8. The van der Waals surface area contributed by atoms with Crippen molar-refractivity contribution in [2.45, 2.75) is 32.6 Å². The third-order valence-corrected chi connectivity index (χ3v) is 1.93. The van der Waals surface area contributed by atoms with Gasteiger partial charge in [-0.3, -0.25) is 4.79 Å². The predicted octanol–water partition coefficient (Wildman–Crippen LogP) is 1.78. The predicted molar refractivity (Wildman–Crippen MR) is 47.8 cm³/mol. The van der Waals surface area contributed by atoms with Crippen LogP contribution in [0.4, 0.5) is 0 Å². The monoisotopic (exact) mass is 177 g/mol. The van der Waals surface area contributed by atoms with Crippen molar-refractivity contribution in [3.8, 4) is 0 Å². The number of nitrogens with one attached hydrogen (secondary N) is 1. The molecule has 1 N–H and O–H groups in total. The van der Waals surface area contributed by atoms with Gasteiger partial charge in [0, 0.05) is 12.5 Å². The average molecular weight is 178 g/mol. The van der Waals surface area contributed by atoms with Crippen molar-refractivity contribution < 1.29 is 4.79 Å². The summed E-state index contributed by atoms with van der Waals surface area (Å²) in [7, 11) is 0. The smallest absolute Gasteiger partial charge is 0.222 e. The Morgan fingerprint density at radius 1 is 1.55 bits per heavy atom. The van der Waals surface area contributed by atoms with Gasteiger partial charge in [0.25, 0.3) is 0 Å². The van der Waals surface area contributed by atoms with Crippen molar-refractivity contribution in [1.82, 2.24) is 5.32 Å². The van der Waals surface area contributed by atoms with Gasteiger partial charge in [-0.15, -0.1) is 11.6 Å². The maximum absolute atomic E-state index is 11.0. The Labute approximate surface area is 73.3 Å². The van der Waals surface area contributed by atoms with Gasteiger partial charge in [0.05, 0.1) is 5.38 Å². The highest BCUT2D eigenvalue weighted by atomic mass is 35.5. The molecule has 0 aliphatic rings. The molecule has 0 bridgehead atoms. The second kappa shape index (κ2) is 5.42. The van der Waals surface area contributed by atoms with Crippen LogP contribution in [0.1, 0.15) is 27.2 Å². The van der Waals surface area contributed by atoms with Crippen LogP contribution >= 0.6 is 11.6 Å². The Bertz CT molecular complexity index is 125. The van der Waals surface area contributed by atoms with E-state index >= 15 is 0 Å². The maximum Gasteiger partial charge on any atom is 0.222 e. The number of carbonyl (C=O) groups excluding carboxylic acids is 1. The summed E-state index contributed by atoms with van der Waals surface area (Å²) in [6.07, 6.45) is 0.889. The van der Waals surface area contributed by atoms with E-state index in [1.165, 1.54) is 0 Å². The molecule has 3 heteroatoms. The molecule has 0 saturated carbocycles. The van der Waals surface area contributed by atoms with Crippen molar-refractivity contribution in [3.63, 3.8) is 0 Å². The number of hydrogen-bond donors (Lipinski definition) is 1. The lowest BCUT2D eigenvalue weighted by molar-refractivity contribution is -0.123. The summed E-state index contributed by atoms with van der Waals surface area (Å²) < 4.78 is 0. The summed E-state index contributed by atoms with van der Waals surface area (Å²) in [6.45, 7) is 6.31. The van der Waals surface area contributed by atoms with Gasteiger partial charge >= 0.3 is 0 Å². The van der Waals surface area contributed by atoms with E-state index in [1.54, 1.807) is 0 Å². The Morgan fingerprint density at radius 2 is 2.09 bits per heavy atom. The Balaban J connectivity index is 3.46. The van der Waals surface area contributed by atoms with Crippen LogP contribution in [0.25, 0.3) is 0 Å². The van der Waals surface area contributed by atoms with Gasteiger partial charge in [0.15, 0.2) is 0 Å². The van der Waals surface area contributed by atoms with Crippen LogP contribution in [-0.4, -0.2) is 17.8 Å². The number of halogens is 1. The fourth-order valence-corrected chi connectivity index (χ4v) is 0.637. The van der Waals surface area contributed by atoms with Gasteiger partial charge < -0.3 is 5.32 Å². The zero-order valence-corrected chi connectivity index (χ0v) is 8.11. The van der Waals surface area contributed by atoms with E-state index in [2.05, 4.69) is 5.32 Å². The molecule has 0 aromatic carbocycles. The van der Waals surface area contributed by atoms with Gasteiger partial charge in [0.2, 0.25) is 5.91 Å². The minimum atomic E-state index is 0.0516. The number of rotatable bonds is 4. The fraction of sp³-hybridized carbons (Fsp3) is 0.875. The molecule has 11 heavy (non-hydrogen) atoms. The van der Waals surface area contributed by atoms with E-state index in [1.807, 2.05) is 20.8 Å². The molecule has 0 aromatic rings. The second-order valence-corrected chi connectivity index (χ2v) is 3.52. The molecule has 0 spiro atoms. The summed E-state index contributed by atoms with van der Waals surface area (Å²) in [6, 6.07) is 0. The van der Waals surface area contributed by atoms with Crippen LogP contribution in [-0.2, 0) is 4.79 Å². The standard InChI is InChI=1S/C8H16ClNO/c1-4-7(9)5-10-8(11)6(2)3/h6-7H,4-5H2,1-3H3,(H,10,11). The zero-order chi connectivity index (χ0) is 8.85. The highest BCUT2D eigenvalue weighted by Gasteiger charge is 2.07. The fourth-order valence-electron chi connectivity index (χ4n) is 0.560. The third-order valence-electron chi connectivity index (χ3n) is 1.47. The van der Waals surface area contributed by atoms with Crippen LogP contribution in [0.3, 0.4) is 0 Å². The number of hydrogen-bond acceptors (Lipinski definition) is 1. The summed E-state index contributed by atoms with van der Waals surface area (Å²) in [5, 5.41) is 2.83. The largest absolute Gasteiger partial charge is 0.354 e. The summed E-state index contributed by atoms with van der Waals surface area (Å²) in [5.41, 5.74) is 0. The first-order valence-corrected chi connectivity index (χ1v) is 4.43. The van der Waals surface area contributed by atoms with Crippen molar-refractivity contribution in [2.24, 2.45) is 5.92 Å². The third kappa shape index (κ3) is 5.08. The highest BCUT2D eigenvalue weighted by molar-refractivity contribution is 6.20. The molecule has 0 saturated heterocycles. The molecule has 0 radical (unpaired) electrons. The van der Waals surface area contributed by atoms with E-state index in [4.69, 9.17) is 11.6 Å². The molecule has 0 fully saturated rings. The van der Waals surface area contributed by atoms with Crippen LogP contribution in [0.15, 0.2) is 0 Å².